The predicted octanol–water partition coefficient (Wildman–Crippen LogP) is 0.790. The van der Waals surface area contributed by atoms with Crippen molar-refractivity contribution in [3.05, 3.63) is 0 Å². The fourth-order valence-corrected chi connectivity index (χ4v) is 1.79. The SMILES string of the molecule is CS(=O)(=O)CCCC(=O)C1CC1. The van der Waals surface area contributed by atoms with E-state index in [0.29, 0.717) is 12.8 Å². The van der Waals surface area contributed by atoms with Gasteiger partial charge in [0.15, 0.2) is 0 Å². The third-order valence-electron chi connectivity index (χ3n) is 1.97. The summed E-state index contributed by atoms with van der Waals surface area (Å²) in [5.74, 6) is 0.661. The zero-order chi connectivity index (χ0) is 9.19. The summed E-state index contributed by atoms with van der Waals surface area (Å²) in [4.78, 5) is 11.1. The molecule has 0 bridgehead atoms. The summed E-state index contributed by atoms with van der Waals surface area (Å²) in [6.07, 6.45) is 4.16. The molecule has 0 aliphatic heterocycles. The van der Waals surface area contributed by atoms with E-state index in [1.165, 1.54) is 6.26 Å². The fraction of sp³-hybridized carbons (Fsp3) is 0.875. The van der Waals surface area contributed by atoms with Gasteiger partial charge in [-0.2, -0.15) is 0 Å². The van der Waals surface area contributed by atoms with Crippen LogP contribution in [0.2, 0.25) is 0 Å². The third kappa shape index (κ3) is 3.85. The molecule has 0 N–H and O–H groups in total. The molecule has 1 rings (SSSR count). The van der Waals surface area contributed by atoms with Crippen molar-refractivity contribution in [3.63, 3.8) is 0 Å². The van der Waals surface area contributed by atoms with Crippen molar-refractivity contribution in [1.82, 2.24) is 0 Å². The third-order valence-corrected chi connectivity index (χ3v) is 3.00. The number of hydrogen-bond acceptors (Lipinski definition) is 3. The highest BCUT2D eigenvalue weighted by Gasteiger charge is 2.28. The normalized spacial score (nSPS) is 17.8. The predicted molar refractivity (Wildman–Crippen MR) is 46.7 cm³/mol. The highest BCUT2D eigenvalue weighted by atomic mass is 32.2. The molecule has 0 aromatic carbocycles. The molecule has 0 amide bonds. The molecule has 4 heteroatoms. The van der Waals surface area contributed by atoms with Gasteiger partial charge in [-0.15, -0.1) is 0 Å². The van der Waals surface area contributed by atoms with Crippen LogP contribution < -0.4 is 0 Å². The van der Waals surface area contributed by atoms with Gasteiger partial charge < -0.3 is 0 Å². The zero-order valence-corrected chi connectivity index (χ0v) is 8.06. The Kier molecular flexibility index (Phi) is 2.88. The first-order valence-electron chi connectivity index (χ1n) is 4.19. The Bertz CT molecular complexity index is 262. The fourth-order valence-electron chi connectivity index (χ4n) is 1.12. The molecule has 0 atom stereocenters. The van der Waals surface area contributed by atoms with Crippen LogP contribution in [0.1, 0.15) is 25.7 Å². The molecule has 0 unspecified atom stereocenters. The van der Waals surface area contributed by atoms with Crippen LogP contribution in [0.3, 0.4) is 0 Å². The molecule has 70 valence electrons. The number of ketones is 1. The van der Waals surface area contributed by atoms with Gasteiger partial charge in [0.25, 0.3) is 0 Å². The first-order valence-corrected chi connectivity index (χ1v) is 6.25. The molecule has 0 radical (unpaired) electrons. The van der Waals surface area contributed by atoms with Gasteiger partial charge in [0.05, 0.1) is 5.75 Å². The molecule has 0 aromatic rings. The summed E-state index contributed by atoms with van der Waals surface area (Å²) >= 11 is 0. The van der Waals surface area contributed by atoms with Crippen LogP contribution in [0.25, 0.3) is 0 Å². The minimum absolute atomic E-state index is 0.144. The molecule has 1 aliphatic rings. The van der Waals surface area contributed by atoms with Crippen molar-refractivity contribution in [2.24, 2.45) is 5.92 Å². The molecule has 0 spiro atoms. The van der Waals surface area contributed by atoms with Crippen molar-refractivity contribution in [3.8, 4) is 0 Å². The van der Waals surface area contributed by atoms with Crippen LogP contribution in [0.4, 0.5) is 0 Å². The quantitative estimate of drug-likeness (QED) is 0.644. The highest BCUT2D eigenvalue weighted by Crippen LogP contribution is 2.31. The number of sulfone groups is 1. The van der Waals surface area contributed by atoms with Gasteiger partial charge in [-0.05, 0) is 19.3 Å². The average molecular weight is 190 g/mol. The lowest BCUT2D eigenvalue weighted by molar-refractivity contribution is -0.120. The number of carbonyl (C=O) groups is 1. The summed E-state index contributed by atoms with van der Waals surface area (Å²) in [6, 6.07) is 0. The van der Waals surface area contributed by atoms with E-state index in [9.17, 15) is 13.2 Å². The van der Waals surface area contributed by atoms with Crippen molar-refractivity contribution in [2.75, 3.05) is 12.0 Å². The second kappa shape index (κ2) is 3.56. The van der Waals surface area contributed by atoms with Gasteiger partial charge in [-0.25, -0.2) is 8.42 Å². The summed E-state index contributed by atoms with van der Waals surface area (Å²) in [5, 5.41) is 0. The molecule has 1 saturated carbocycles. The molecule has 3 nitrogen and oxygen atoms in total. The smallest absolute Gasteiger partial charge is 0.147 e. The monoisotopic (exact) mass is 190 g/mol. The van der Waals surface area contributed by atoms with E-state index in [0.717, 1.165) is 12.8 Å². The second-order valence-corrected chi connectivity index (χ2v) is 5.73. The topological polar surface area (TPSA) is 51.2 Å². The van der Waals surface area contributed by atoms with E-state index in [1.807, 2.05) is 0 Å². The summed E-state index contributed by atoms with van der Waals surface area (Å²) < 4.78 is 21.4. The van der Waals surface area contributed by atoms with Crippen molar-refractivity contribution >= 4 is 15.6 Å². The Hall–Kier alpha value is -0.380. The Morgan fingerprint density at radius 1 is 1.42 bits per heavy atom. The van der Waals surface area contributed by atoms with Crippen LogP contribution in [-0.4, -0.2) is 26.2 Å². The van der Waals surface area contributed by atoms with E-state index in [1.54, 1.807) is 0 Å². The van der Waals surface area contributed by atoms with Crippen molar-refractivity contribution in [1.29, 1.82) is 0 Å². The molecule has 0 saturated heterocycles. The lowest BCUT2D eigenvalue weighted by Crippen LogP contribution is -2.07. The summed E-state index contributed by atoms with van der Waals surface area (Å²) in [7, 11) is -2.88. The van der Waals surface area contributed by atoms with Crippen molar-refractivity contribution in [2.45, 2.75) is 25.7 Å². The lowest BCUT2D eigenvalue weighted by atomic mass is 10.2. The van der Waals surface area contributed by atoms with Crippen molar-refractivity contribution < 1.29 is 13.2 Å². The molecule has 1 fully saturated rings. The Labute approximate surface area is 73.1 Å². The summed E-state index contributed by atoms with van der Waals surface area (Å²) in [6.45, 7) is 0. The van der Waals surface area contributed by atoms with Crippen LogP contribution in [0, 0.1) is 5.92 Å². The maximum Gasteiger partial charge on any atom is 0.147 e. The van der Waals surface area contributed by atoms with E-state index in [2.05, 4.69) is 0 Å². The minimum atomic E-state index is -2.88. The van der Waals surface area contributed by atoms with Gasteiger partial charge >= 0.3 is 0 Å². The molecule has 0 heterocycles. The minimum Gasteiger partial charge on any atom is -0.299 e. The van der Waals surface area contributed by atoms with E-state index in [-0.39, 0.29) is 17.5 Å². The van der Waals surface area contributed by atoms with Gasteiger partial charge in [-0.1, -0.05) is 0 Å². The van der Waals surface area contributed by atoms with Gasteiger partial charge in [0, 0.05) is 18.6 Å². The standard InChI is InChI=1S/C8H14O3S/c1-12(10,11)6-2-3-8(9)7-4-5-7/h7H,2-6H2,1H3. The molecule has 0 aromatic heterocycles. The van der Waals surface area contributed by atoms with E-state index in [4.69, 9.17) is 0 Å². The maximum atomic E-state index is 11.1. The summed E-state index contributed by atoms with van der Waals surface area (Å²) in [5.41, 5.74) is 0. The van der Waals surface area contributed by atoms with Crippen LogP contribution in [0.5, 0.6) is 0 Å². The van der Waals surface area contributed by atoms with Gasteiger partial charge in [0.1, 0.15) is 15.6 Å². The highest BCUT2D eigenvalue weighted by molar-refractivity contribution is 7.90. The second-order valence-electron chi connectivity index (χ2n) is 3.47. The Balaban J connectivity index is 2.13. The zero-order valence-electron chi connectivity index (χ0n) is 7.25. The number of carbonyl (C=O) groups excluding carboxylic acids is 1. The number of hydrogen-bond donors (Lipinski definition) is 0. The molecule has 1 aliphatic carbocycles. The van der Waals surface area contributed by atoms with Gasteiger partial charge in [-0.3, -0.25) is 4.79 Å². The van der Waals surface area contributed by atoms with Gasteiger partial charge in [0.2, 0.25) is 0 Å². The van der Waals surface area contributed by atoms with Crippen LogP contribution in [-0.2, 0) is 14.6 Å². The Morgan fingerprint density at radius 3 is 2.42 bits per heavy atom. The largest absolute Gasteiger partial charge is 0.299 e. The van der Waals surface area contributed by atoms with Crippen LogP contribution >= 0.6 is 0 Å². The first-order chi connectivity index (χ1) is 5.49. The van der Waals surface area contributed by atoms with E-state index >= 15 is 0 Å². The molecular weight excluding hydrogens is 176 g/mol. The number of rotatable bonds is 5. The van der Waals surface area contributed by atoms with Crippen LogP contribution in [0.15, 0.2) is 0 Å². The lowest BCUT2D eigenvalue weighted by Gasteiger charge is -1.97. The average Bonchev–Trinajstić information content (AvgIpc) is 2.64. The Morgan fingerprint density at radius 2 is 2.00 bits per heavy atom. The maximum absolute atomic E-state index is 11.1. The first kappa shape index (κ1) is 9.71. The number of Topliss-reactive ketones (excluding diaryl/α,β-unsaturated/α-hetero) is 1. The molecular formula is C8H14O3S. The van der Waals surface area contributed by atoms with E-state index < -0.39 is 9.84 Å². The molecule has 12 heavy (non-hydrogen) atoms.